The molecule has 0 saturated heterocycles. The van der Waals surface area contributed by atoms with Gasteiger partial charge in [0.25, 0.3) is 0 Å². The van der Waals surface area contributed by atoms with Gasteiger partial charge in [-0.1, -0.05) is 43.3 Å². The number of benzene rings is 1. The molecule has 1 aromatic heterocycles. The van der Waals surface area contributed by atoms with Crippen LogP contribution in [0.4, 0.5) is 0 Å². The van der Waals surface area contributed by atoms with Gasteiger partial charge in [-0.3, -0.25) is 0 Å². The highest BCUT2D eigenvalue weighted by Gasteiger charge is 2.05. The second kappa shape index (κ2) is 12.5. The largest absolute Gasteiger partial charge is 0.477 e. The predicted octanol–water partition coefficient (Wildman–Crippen LogP) is 3.74. The first kappa shape index (κ1) is 21.2. The Kier molecular flexibility index (Phi) is 10.6. The fourth-order valence-corrected chi connectivity index (χ4v) is 2.16. The molecule has 5 nitrogen and oxygen atoms in total. The Bertz CT molecular complexity index is 634. The quantitative estimate of drug-likeness (QED) is 0.363. The van der Waals surface area contributed by atoms with Crippen molar-refractivity contribution in [1.29, 1.82) is 0 Å². The van der Waals surface area contributed by atoms with E-state index in [1.807, 2.05) is 30.3 Å². The monoisotopic (exact) mass is 454 g/mol. The Balaban J connectivity index is 0.00000312. The number of hydrogen-bond acceptors (Lipinski definition) is 3. The van der Waals surface area contributed by atoms with Crippen molar-refractivity contribution in [3.63, 3.8) is 0 Å². The number of rotatable bonds is 8. The van der Waals surface area contributed by atoms with E-state index in [4.69, 9.17) is 4.74 Å². The van der Waals surface area contributed by atoms with E-state index in [0.29, 0.717) is 25.6 Å². The number of halogens is 1. The third-order valence-corrected chi connectivity index (χ3v) is 3.35. The number of nitrogens with one attached hydrogen (secondary N) is 2. The van der Waals surface area contributed by atoms with Crippen molar-refractivity contribution in [1.82, 2.24) is 15.6 Å². The number of ether oxygens (including phenoxy) is 1. The molecule has 0 aliphatic rings. The van der Waals surface area contributed by atoms with Gasteiger partial charge in [0.1, 0.15) is 0 Å². The van der Waals surface area contributed by atoms with Crippen LogP contribution in [0.2, 0.25) is 0 Å². The molecule has 1 heterocycles. The second-order valence-electron chi connectivity index (χ2n) is 5.35. The zero-order valence-corrected chi connectivity index (χ0v) is 17.2. The van der Waals surface area contributed by atoms with E-state index in [0.717, 1.165) is 24.5 Å². The Hall–Kier alpha value is -1.83. The lowest BCUT2D eigenvalue weighted by molar-refractivity contribution is 0.301. The summed E-state index contributed by atoms with van der Waals surface area (Å²) < 4.78 is 5.70. The third-order valence-electron chi connectivity index (χ3n) is 3.35. The lowest BCUT2D eigenvalue weighted by Gasteiger charge is -2.13. The first-order valence-electron chi connectivity index (χ1n) is 8.46. The van der Waals surface area contributed by atoms with E-state index in [9.17, 15) is 0 Å². The molecule has 0 amide bonds. The summed E-state index contributed by atoms with van der Waals surface area (Å²) in [5.41, 5.74) is 2.21. The van der Waals surface area contributed by atoms with Crippen molar-refractivity contribution < 1.29 is 4.74 Å². The highest BCUT2D eigenvalue weighted by molar-refractivity contribution is 14.0. The molecule has 0 aliphatic heterocycles. The van der Waals surface area contributed by atoms with E-state index in [-0.39, 0.29) is 24.0 Å². The third kappa shape index (κ3) is 7.72. The highest BCUT2D eigenvalue weighted by Crippen LogP contribution is 2.14. The molecule has 2 N–H and O–H groups in total. The normalized spacial score (nSPS) is 10.7. The number of hydrogen-bond donors (Lipinski definition) is 2. The molecule has 0 spiro atoms. The predicted molar refractivity (Wildman–Crippen MR) is 114 cm³/mol. The molecular formula is C19H27IN4O. The average molecular weight is 454 g/mol. The van der Waals surface area contributed by atoms with Crippen LogP contribution < -0.4 is 15.4 Å². The molecule has 0 unspecified atom stereocenters. The van der Waals surface area contributed by atoms with Crippen LogP contribution in [0.5, 0.6) is 5.88 Å². The maximum atomic E-state index is 5.70. The van der Waals surface area contributed by atoms with E-state index >= 15 is 0 Å². The maximum absolute atomic E-state index is 5.70. The lowest BCUT2D eigenvalue weighted by atomic mass is 10.2. The first-order chi connectivity index (χ1) is 11.8. The molecule has 0 atom stereocenters. The molecule has 0 aliphatic carbocycles. The van der Waals surface area contributed by atoms with Crippen LogP contribution in [-0.4, -0.2) is 24.1 Å². The van der Waals surface area contributed by atoms with Crippen molar-refractivity contribution in [3.05, 3.63) is 59.8 Å². The molecule has 6 heteroatoms. The number of nitrogens with zero attached hydrogens (tertiary/aromatic N) is 2. The molecule has 2 aromatic rings. The van der Waals surface area contributed by atoms with Crippen molar-refractivity contribution >= 4 is 29.9 Å². The van der Waals surface area contributed by atoms with Gasteiger partial charge >= 0.3 is 0 Å². The lowest BCUT2D eigenvalue weighted by Crippen LogP contribution is -2.36. The molecule has 0 bridgehead atoms. The molecule has 136 valence electrons. The highest BCUT2D eigenvalue weighted by atomic mass is 127. The van der Waals surface area contributed by atoms with E-state index in [1.54, 1.807) is 6.20 Å². The van der Waals surface area contributed by atoms with E-state index < -0.39 is 0 Å². The summed E-state index contributed by atoms with van der Waals surface area (Å²) in [5.74, 6) is 1.47. The van der Waals surface area contributed by atoms with Crippen LogP contribution in [0.3, 0.4) is 0 Å². The summed E-state index contributed by atoms with van der Waals surface area (Å²) in [6.07, 6.45) is 2.72. The Morgan fingerprint density at radius 2 is 1.88 bits per heavy atom. The Labute approximate surface area is 167 Å². The zero-order chi connectivity index (χ0) is 17.0. The zero-order valence-electron chi connectivity index (χ0n) is 14.9. The number of pyridine rings is 1. The minimum atomic E-state index is 0. The van der Waals surface area contributed by atoms with Gasteiger partial charge in [0, 0.05) is 24.8 Å². The molecule has 0 saturated carbocycles. The number of guanidine groups is 1. The Morgan fingerprint density at radius 1 is 1.08 bits per heavy atom. The summed E-state index contributed by atoms with van der Waals surface area (Å²) in [4.78, 5) is 8.94. The van der Waals surface area contributed by atoms with Gasteiger partial charge in [0.15, 0.2) is 5.96 Å². The number of aliphatic imine (C=N–C) groups is 1. The smallest absolute Gasteiger partial charge is 0.218 e. The second-order valence-corrected chi connectivity index (χ2v) is 5.35. The van der Waals surface area contributed by atoms with Gasteiger partial charge in [0.05, 0.1) is 13.2 Å². The van der Waals surface area contributed by atoms with E-state index in [2.05, 4.69) is 46.6 Å². The fraction of sp³-hybridized carbons (Fsp3) is 0.368. The fourth-order valence-electron chi connectivity index (χ4n) is 2.16. The van der Waals surface area contributed by atoms with Gasteiger partial charge in [-0.05, 0) is 25.0 Å². The van der Waals surface area contributed by atoms with Crippen LogP contribution >= 0.6 is 24.0 Å². The van der Waals surface area contributed by atoms with Gasteiger partial charge in [0.2, 0.25) is 5.88 Å². The van der Waals surface area contributed by atoms with Crippen LogP contribution in [-0.2, 0) is 13.1 Å². The van der Waals surface area contributed by atoms with Gasteiger partial charge in [-0.15, -0.1) is 24.0 Å². The topological polar surface area (TPSA) is 58.5 Å². The summed E-state index contributed by atoms with van der Waals surface area (Å²) in [7, 11) is 0. The van der Waals surface area contributed by atoms with Gasteiger partial charge in [-0.2, -0.15) is 0 Å². The van der Waals surface area contributed by atoms with E-state index in [1.165, 1.54) is 5.56 Å². The van der Waals surface area contributed by atoms with Crippen molar-refractivity contribution in [3.8, 4) is 5.88 Å². The van der Waals surface area contributed by atoms with Crippen LogP contribution in [0.25, 0.3) is 0 Å². The van der Waals surface area contributed by atoms with Crippen molar-refractivity contribution in [2.75, 3.05) is 13.2 Å². The summed E-state index contributed by atoms with van der Waals surface area (Å²) in [6, 6.07) is 14.2. The average Bonchev–Trinajstić information content (AvgIpc) is 2.64. The molecule has 0 radical (unpaired) electrons. The number of aromatic nitrogens is 1. The first-order valence-corrected chi connectivity index (χ1v) is 8.46. The van der Waals surface area contributed by atoms with Crippen molar-refractivity contribution in [2.24, 2.45) is 4.99 Å². The molecule has 2 rings (SSSR count). The van der Waals surface area contributed by atoms with Crippen LogP contribution in [0.15, 0.2) is 53.7 Å². The Morgan fingerprint density at radius 3 is 2.60 bits per heavy atom. The van der Waals surface area contributed by atoms with Gasteiger partial charge < -0.3 is 15.4 Å². The van der Waals surface area contributed by atoms with Crippen LogP contribution in [0, 0.1) is 0 Å². The maximum Gasteiger partial charge on any atom is 0.218 e. The molecule has 0 fully saturated rings. The minimum Gasteiger partial charge on any atom is -0.477 e. The SMILES string of the molecule is CCCOc1ncccc1CNC(=NCc1ccccc1)NCC.I. The summed E-state index contributed by atoms with van der Waals surface area (Å²) in [5, 5.41) is 6.61. The summed E-state index contributed by atoms with van der Waals surface area (Å²) >= 11 is 0. The van der Waals surface area contributed by atoms with Gasteiger partial charge in [-0.25, -0.2) is 9.98 Å². The van der Waals surface area contributed by atoms with Crippen molar-refractivity contribution in [2.45, 2.75) is 33.4 Å². The molecular weight excluding hydrogens is 427 g/mol. The standard InChI is InChI=1S/C19H26N4O.HI/c1-3-13-24-18-17(11-8-12-21-18)15-23-19(20-4-2)22-14-16-9-6-5-7-10-16;/h5-12H,3-4,13-15H2,1-2H3,(H2,20,22,23);1H. The minimum absolute atomic E-state index is 0. The van der Waals surface area contributed by atoms with Crippen LogP contribution in [0.1, 0.15) is 31.4 Å². The summed E-state index contributed by atoms with van der Waals surface area (Å²) in [6.45, 7) is 6.88. The molecule has 25 heavy (non-hydrogen) atoms. The molecule has 1 aromatic carbocycles.